The van der Waals surface area contributed by atoms with E-state index in [4.69, 9.17) is 11.6 Å². The molecule has 1 N–H and O–H groups in total. The molecule has 0 fully saturated rings. The minimum atomic E-state index is -0.591. The number of benzene rings is 3. The molecule has 0 aromatic heterocycles. The van der Waals surface area contributed by atoms with Crippen LogP contribution in [0.3, 0.4) is 0 Å². The fraction of sp³-hybridized carbons (Fsp3) is 0.333. The van der Waals surface area contributed by atoms with Crippen molar-refractivity contribution >= 4 is 35.2 Å². The van der Waals surface area contributed by atoms with Crippen LogP contribution in [0.15, 0.2) is 83.8 Å². The van der Waals surface area contributed by atoms with Crippen LogP contribution in [0, 0.1) is 6.92 Å². The molecular formula is C30H35ClN2O2S. The molecule has 6 heteroatoms. The van der Waals surface area contributed by atoms with Gasteiger partial charge in [-0.25, -0.2) is 0 Å². The maximum Gasteiger partial charge on any atom is 0.243 e. The van der Waals surface area contributed by atoms with Crippen molar-refractivity contribution in [1.82, 2.24) is 10.2 Å². The standard InChI is InChI=1S/C30H35ClN2O2S/c1-22(2)32-30(35)28(20-24-10-5-4-6-11-24)33(21-25-12-7-9-23(3)19-25)29(34)13-8-18-36-27-16-14-26(31)15-17-27/h4-7,9-12,14-17,19,22,28H,8,13,18,20-21H2,1-3H3,(H,32,35). The zero-order chi connectivity index (χ0) is 25.9. The number of nitrogens with zero attached hydrogens (tertiary/aromatic N) is 1. The van der Waals surface area contributed by atoms with Gasteiger partial charge in [0.1, 0.15) is 6.04 Å². The predicted molar refractivity (Wildman–Crippen MR) is 150 cm³/mol. The fourth-order valence-electron chi connectivity index (χ4n) is 4.03. The van der Waals surface area contributed by atoms with Crippen molar-refractivity contribution < 1.29 is 9.59 Å². The van der Waals surface area contributed by atoms with Gasteiger partial charge in [-0.1, -0.05) is 71.8 Å². The van der Waals surface area contributed by atoms with Crippen molar-refractivity contribution in [2.24, 2.45) is 0 Å². The number of carbonyl (C=O) groups excluding carboxylic acids is 2. The minimum absolute atomic E-state index is 0.00644. The van der Waals surface area contributed by atoms with Crippen LogP contribution in [-0.2, 0) is 22.6 Å². The molecule has 0 spiro atoms. The Balaban J connectivity index is 1.78. The Kier molecular flexibility index (Phi) is 10.9. The Labute approximate surface area is 224 Å². The van der Waals surface area contributed by atoms with Gasteiger partial charge >= 0.3 is 0 Å². The second-order valence-corrected chi connectivity index (χ2v) is 10.9. The summed E-state index contributed by atoms with van der Waals surface area (Å²) >= 11 is 7.68. The van der Waals surface area contributed by atoms with Crippen molar-refractivity contribution in [3.8, 4) is 0 Å². The molecule has 0 aliphatic rings. The third-order valence-electron chi connectivity index (χ3n) is 5.75. The van der Waals surface area contributed by atoms with E-state index in [9.17, 15) is 9.59 Å². The predicted octanol–water partition coefficient (Wildman–Crippen LogP) is 6.69. The molecule has 36 heavy (non-hydrogen) atoms. The Hall–Kier alpha value is -2.76. The lowest BCUT2D eigenvalue weighted by atomic mass is 10.0. The van der Waals surface area contributed by atoms with Gasteiger partial charge in [0.05, 0.1) is 0 Å². The molecule has 0 aliphatic heterocycles. The molecule has 190 valence electrons. The van der Waals surface area contributed by atoms with E-state index in [0.717, 1.165) is 33.8 Å². The highest BCUT2D eigenvalue weighted by Crippen LogP contribution is 2.22. The highest BCUT2D eigenvalue weighted by Gasteiger charge is 2.30. The van der Waals surface area contributed by atoms with E-state index < -0.39 is 6.04 Å². The van der Waals surface area contributed by atoms with Crippen LogP contribution in [0.4, 0.5) is 0 Å². The lowest BCUT2D eigenvalue weighted by Gasteiger charge is -2.32. The van der Waals surface area contributed by atoms with Crippen molar-refractivity contribution in [2.75, 3.05) is 5.75 Å². The van der Waals surface area contributed by atoms with Gasteiger partial charge in [-0.2, -0.15) is 0 Å². The average Bonchev–Trinajstić information content (AvgIpc) is 2.85. The van der Waals surface area contributed by atoms with Crippen molar-refractivity contribution in [3.63, 3.8) is 0 Å². The molecule has 1 unspecified atom stereocenters. The number of halogens is 1. The maximum atomic E-state index is 13.6. The third-order valence-corrected chi connectivity index (χ3v) is 7.11. The maximum absolute atomic E-state index is 13.6. The summed E-state index contributed by atoms with van der Waals surface area (Å²) in [5, 5.41) is 3.75. The zero-order valence-corrected chi connectivity index (χ0v) is 22.8. The van der Waals surface area contributed by atoms with Gasteiger partial charge in [0.25, 0.3) is 0 Å². The first kappa shape index (κ1) is 27.8. The first-order valence-corrected chi connectivity index (χ1v) is 13.8. The quantitative estimate of drug-likeness (QED) is 0.213. The monoisotopic (exact) mass is 522 g/mol. The van der Waals surface area contributed by atoms with Gasteiger partial charge in [-0.05, 0) is 68.3 Å². The molecule has 4 nitrogen and oxygen atoms in total. The van der Waals surface area contributed by atoms with Crippen molar-refractivity contribution in [2.45, 2.75) is 63.6 Å². The molecule has 3 aromatic rings. The summed E-state index contributed by atoms with van der Waals surface area (Å²) in [7, 11) is 0. The van der Waals surface area contributed by atoms with Crippen LogP contribution in [0.25, 0.3) is 0 Å². The Morgan fingerprint density at radius 3 is 2.31 bits per heavy atom. The van der Waals surface area contributed by atoms with Gasteiger partial charge in [0.15, 0.2) is 0 Å². The van der Waals surface area contributed by atoms with Gasteiger partial charge in [0, 0.05) is 35.3 Å². The molecule has 0 bridgehead atoms. The number of carbonyl (C=O) groups is 2. The summed E-state index contributed by atoms with van der Waals surface area (Å²) in [5.74, 6) is 0.686. The number of rotatable bonds is 12. The summed E-state index contributed by atoms with van der Waals surface area (Å²) in [6.45, 7) is 6.32. The number of hydrogen-bond acceptors (Lipinski definition) is 3. The summed E-state index contributed by atoms with van der Waals surface area (Å²) in [4.78, 5) is 29.9. The normalized spacial score (nSPS) is 11.8. The minimum Gasteiger partial charge on any atom is -0.352 e. The average molecular weight is 523 g/mol. The Bertz CT molecular complexity index is 1120. The second-order valence-electron chi connectivity index (χ2n) is 9.29. The molecule has 1 atom stereocenters. The summed E-state index contributed by atoms with van der Waals surface area (Å²) in [6, 6.07) is 25.2. The summed E-state index contributed by atoms with van der Waals surface area (Å²) in [5.41, 5.74) is 3.18. The number of nitrogens with one attached hydrogen (secondary N) is 1. The number of thioether (sulfide) groups is 1. The molecule has 0 radical (unpaired) electrons. The first-order valence-electron chi connectivity index (χ1n) is 12.4. The molecule has 0 aliphatic carbocycles. The van der Waals surface area contributed by atoms with E-state index >= 15 is 0 Å². The SMILES string of the molecule is Cc1cccc(CN(C(=O)CCCSc2ccc(Cl)cc2)C(Cc2ccccc2)C(=O)NC(C)C)c1. The van der Waals surface area contributed by atoms with Crippen LogP contribution in [-0.4, -0.2) is 34.6 Å². The van der Waals surface area contributed by atoms with Gasteiger partial charge in [0.2, 0.25) is 11.8 Å². The Morgan fingerprint density at radius 1 is 0.944 bits per heavy atom. The van der Waals surface area contributed by atoms with Crippen LogP contribution in [0.1, 0.15) is 43.4 Å². The largest absolute Gasteiger partial charge is 0.352 e. The molecule has 0 saturated carbocycles. The number of aryl methyl sites for hydroxylation is 1. The lowest BCUT2D eigenvalue weighted by molar-refractivity contribution is -0.141. The fourth-order valence-corrected chi connectivity index (χ4v) is 5.01. The van der Waals surface area contributed by atoms with Crippen molar-refractivity contribution in [3.05, 3.63) is 101 Å². The second kappa shape index (κ2) is 14.1. The molecule has 2 amide bonds. The molecular weight excluding hydrogens is 488 g/mol. The van der Waals surface area contributed by atoms with E-state index in [1.807, 2.05) is 93.6 Å². The molecule has 0 saturated heterocycles. The van der Waals surface area contributed by atoms with Gasteiger partial charge in [-0.3, -0.25) is 9.59 Å². The van der Waals surface area contributed by atoms with E-state index in [1.54, 1.807) is 16.7 Å². The van der Waals surface area contributed by atoms with Gasteiger partial charge in [-0.15, -0.1) is 11.8 Å². The van der Waals surface area contributed by atoms with E-state index in [1.165, 1.54) is 0 Å². The lowest BCUT2D eigenvalue weighted by Crippen LogP contribution is -2.51. The topological polar surface area (TPSA) is 49.4 Å². The zero-order valence-electron chi connectivity index (χ0n) is 21.2. The number of hydrogen-bond donors (Lipinski definition) is 1. The van der Waals surface area contributed by atoms with Crippen LogP contribution >= 0.6 is 23.4 Å². The summed E-state index contributed by atoms with van der Waals surface area (Å²) in [6.07, 6.45) is 1.57. The van der Waals surface area contributed by atoms with Crippen LogP contribution in [0.2, 0.25) is 5.02 Å². The highest BCUT2D eigenvalue weighted by molar-refractivity contribution is 7.99. The summed E-state index contributed by atoms with van der Waals surface area (Å²) < 4.78 is 0. The first-order chi connectivity index (χ1) is 17.3. The van der Waals surface area contributed by atoms with Gasteiger partial charge < -0.3 is 10.2 Å². The molecule has 3 aromatic carbocycles. The van der Waals surface area contributed by atoms with Crippen LogP contribution in [0.5, 0.6) is 0 Å². The Morgan fingerprint density at radius 2 is 1.64 bits per heavy atom. The number of amides is 2. The van der Waals surface area contributed by atoms with Crippen LogP contribution < -0.4 is 5.32 Å². The highest BCUT2D eigenvalue weighted by atomic mass is 35.5. The third kappa shape index (κ3) is 9.03. The molecule has 3 rings (SSSR count). The smallest absolute Gasteiger partial charge is 0.243 e. The van der Waals surface area contributed by atoms with E-state index in [2.05, 4.69) is 11.4 Å². The van der Waals surface area contributed by atoms with E-state index in [0.29, 0.717) is 24.4 Å². The van der Waals surface area contributed by atoms with E-state index in [-0.39, 0.29) is 17.9 Å². The van der Waals surface area contributed by atoms with Crippen molar-refractivity contribution in [1.29, 1.82) is 0 Å². The molecule has 0 heterocycles.